The normalized spacial score (nSPS) is 14.7. The van der Waals surface area contributed by atoms with Crippen molar-refractivity contribution in [2.75, 3.05) is 26.4 Å². The first-order chi connectivity index (χ1) is 35.2. The Hall–Kier alpha value is -4.90. The number of aliphatic hydroxyl groups is 1. The molecule has 0 saturated heterocycles. The average molecular weight is 1020 g/mol. The van der Waals surface area contributed by atoms with E-state index in [0.29, 0.717) is 19.3 Å². The molecule has 0 aromatic carbocycles. The maximum absolute atomic E-state index is 12.9. The highest BCUT2D eigenvalue weighted by Gasteiger charge is 2.28. The summed E-state index contributed by atoms with van der Waals surface area (Å²) in [5.74, 6) is -1.74. The molecule has 0 bridgehead atoms. The Labute approximate surface area is 434 Å². The van der Waals surface area contributed by atoms with Crippen LogP contribution in [0.5, 0.6) is 0 Å². The number of carbonyl (C=O) groups is 3. The highest BCUT2D eigenvalue weighted by atomic mass is 31.2. The Balaban J connectivity index is 4.98. The van der Waals surface area contributed by atoms with Gasteiger partial charge in [0.25, 0.3) is 0 Å². The van der Waals surface area contributed by atoms with Gasteiger partial charge in [0.05, 0.1) is 26.2 Å². The molecule has 0 saturated carbocycles. The van der Waals surface area contributed by atoms with Crippen LogP contribution in [0.3, 0.4) is 0 Å². The van der Waals surface area contributed by atoms with Crippen LogP contribution in [0.4, 0.5) is 0 Å². The minimum atomic E-state index is -4.80. The lowest BCUT2D eigenvalue weighted by molar-refractivity contribution is -0.160. The summed E-state index contributed by atoms with van der Waals surface area (Å²) >= 11 is 0. The Bertz CT molecular complexity index is 1810. The summed E-state index contributed by atoms with van der Waals surface area (Å²) in [7, 11) is -4.80. The van der Waals surface area contributed by atoms with E-state index >= 15 is 0 Å². The molecule has 0 aliphatic carbocycles. The topological polar surface area (TPSA) is 155 Å². The monoisotopic (exact) mass is 1020 g/mol. The summed E-state index contributed by atoms with van der Waals surface area (Å²) < 4.78 is 39.2. The molecule has 0 aliphatic rings. The van der Waals surface area contributed by atoms with E-state index in [1.807, 2.05) is 18.2 Å². The summed E-state index contributed by atoms with van der Waals surface area (Å²) in [5.41, 5.74) is 0. The Kier molecular flexibility index (Phi) is 48.9. The number of ether oxygens (including phenoxy) is 3. The van der Waals surface area contributed by atoms with Gasteiger partial charge in [0.2, 0.25) is 0 Å². The second-order valence-electron chi connectivity index (χ2n) is 16.6. The van der Waals surface area contributed by atoms with Gasteiger partial charge in [-0.25, -0.2) is 4.57 Å². The zero-order valence-corrected chi connectivity index (χ0v) is 45.0. The maximum Gasteiger partial charge on any atom is 0.472 e. The van der Waals surface area contributed by atoms with Crippen molar-refractivity contribution in [3.63, 3.8) is 0 Å². The summed E-state index contributed by atoms with van der Waals surface area (Å²) in [5, 5.41) is 9.78. The molecular weight excluding hydrogens is 928 g/mol. The standard InChI is InChI=1S/C60H91O11P/c1-4-7-10-13-16-19-22-25-28-31-34-37-40-43-46-49-58(62)67-53-57(71-60(64)51-48-45-42-39-36-33-30-27-24-21-18-15-12-9-6-3)55-69-72(65,66)68-54-56(52-61)70-59(63)50-47-44-41-38-35-32-29-26-23-20-17-14-11-8-5-2/h7-12,16-21,25-30,34-39,45,48,56-57,61H,4-6,13-15,22-24,31-33,40-44,46-47,49-55H2,1-3H3,(H,65,66)/b10-7-,11-8-,12-9-,19-16-,20-17-,21-18-,28-25-,29-26-,30-27-,37-34-,38-35-,39-36-,48-45-. The zero-order chi connectivity index (χ0) is 52.7. The molecule has 0 aromatic rings. The van der Waals surface area contributed by atoms with Gasteiger partial charge in [-0.1, -0.05) is 179 Å². The van der Waals surface area contributed by atoms with Crippen LogP contribution in [0.1, 0.15) is 162 Å². The first kappa shape index (κ1) is 67.1. The third kappa shape index (κ3) is 50.1. The number of rotatable bonds is 46. The Morgan fingerprint density at radius 2 is 0.722 bits per heavy atom. The lowest BCUT2D eigenvalue weighted by Gasteiger charge is -2.21. The molecule has 12 heteroatoms. The van der Waals surface area contributed by atoms with E-state index in [-0.39, 0.29) is 19.3 Å². The smallest absolute Gasteiger partial charge is 0.462 e. The van der Waals surface area contributed by atoms with Crippen LogP contribution in [0.25, 0.3) is 0 Å². The van der Waals surface area contributed by atoms with Crippen LogP contribution in [0, 0.1) is 0 Å². The fourth-order valence-electron chi connectivity index (χ4n) is 6.06. The molecule has 0 heterocycles. The van der Waals surface area contributed by atoms with Crippen molar-refractivity contribution in [2.24, 2.45) is 0 Å². The molecule has 0 radical (unpaired) electrons. The van der Waals surface area contributed by atoms with Crippen molar-refractivity contribution in [3.8, 4) is 0 Å². The molecule has 3 atom stereocenters. The van der Waals surface area contributed by atoms with Gasteiger partial charge in [-0.15, -0.1) is 0 Å². The number of hydrogen-bond donors (Lipinski definition) is 2. The van der Waals surface area contributed by atoms with E-state index in [0.717, 1.165) is 103 Å². The minimum Gasteiger partial charge on any atom is -0.462 e. The maximum atomic E-state index is 12.9. The van der Waals surface area contributed by atoms with Crippen molar-refractivity contribution < 1.29 is 52.2 Å². The predicted molar refractivity (Wildman–Crippen MR) is 297 cm³/mol. The molecule has 0 amide bonds. The fourth-order valence-corrected chi connectivity index (χ4v) is 6.84. The van der Waals surface area contributed by atoms with Crippen LogP contribution in [-0.4, -0.2) is 66.5 Å². The SMILES string of the molecule is CC/C=C\C/C=C\C/C=C\C/C=C\C/C=C\CC(=O)OC(COC(=O)CCCC/C=C\C/C=C\C/C=C\C/C=C\CC)COP(=O)(O)OCC(CO)OC(=O)CCCC/C=C\C/C=C\C/C=C\C/C=C\CC. The summed E-state index contributed by atoms with van der Waals surface area (Å²) in [6, 6.07) is 0. The molecule has 3 unspecified atom stereocenters. The summed E-state index contributed by atoms with van der Waals surface area (Å²) in [6.07, 6.45) is 68.2. The summed E-state index contributed by atoms with van der Waals surface area (Å²) in [6.45, 7) is 4.04. The second-order valence-corrected chi connectivity index (χ2v) is 18.0. The number of phosphoric ester groups is 1. The number of hydrogen-bond acceptors (Lipinski definition) is 10. The minimum absolute atomic E-state index is 0.0868. The molecule has 72 heavy (non-hydrogen) atoms. The van der Waals surface area contributed by atoms with Crippen LogP contribution < -0.4 is 0 Å². The number of esters is 3. The number of allylic oxidation sites excluding steroid dienone is 25. The van der Waals surface area contributed by atoms with Crippen molar-refractivity contribution in [1.82, 2.24) is 0 Å². The predicted octanol–water partition coefficient (Wildman–Crippen LogP) is 15.4. The van der Waals surface area contributed by atoms with Crippen molar-refractivity contribution in [3.05, 3.63) is 158 Å². The highest BCUT2D eigenvalue weighted by Crippen LogP contribution is 2.43. The molecule has 2 N–H and O–H groups in total. The van der Waals surface area contributed by atoms with Gasteiger partial charge in [0, 0.05) is 12.8 Å². The highest BCUT2D eigenvalue weighted by molar-refractivity contribution is 7.47. The van der Waals surface area contributed by atoms with Crippen LogP contribution in [-0.2, 0) is 42.2 Å². The Morgan fingerprint density at radius 1 is 0.403 bits per heavy atom. The van der Waals surface area contributed by atoms with Crippen molar-refractivity contribution in [1.29, 1.82) is 0 Å². The van der Waals surface area contributed by atoms with E-state index in [1.54, 1.807) is 6.08 Å². The van der Waals surface area contributed by atoms with E-state index in [2.05, 4.69) is 154 Å². The van der Waals surface area contributed by atoms with Crippen molar-refractivity contribution >= 4 is 25.7 Å². The number of unbranched alkanes of at least 4 members (excludes halogenated alkanes) is 4. The van der Waals surface area contributed by atoms with E-state index in [9.17, 15) is 28.9 Å². The van der Waals surface area contributed by atoms with Gasteiger partial charge in [0.15, 0.2) is 6.10 Å². The molecule has 402 valence electrons. The number of aliphatic hydroxyl groups excluding tert-OH is 1. The molecule has 11 nitrogen and oxygen atoms in total. The molecule has 0 fully saturated rings. The third-order valence-electron chi connectivity index (χ3n) is 9.96. The van der Waals surface area contributed by atoms with Gasteiger partial charge < -0.3 is 24.2 Å². The van der Waals surface area contributed by atoms with Gasteiger partial charge in [-0.05, 0) is 122 Å². The Morgan fingerprint density at radius 3 is 1.10 bits per heavy atom. The largest absolute Gasteiger partial charge is 0.472 e. The number of carbonyl (C=O) groups excluding carboxylic acids is 3. The molecule has 0 spiro atoms. The molecule has 0 rings (SSSR count). The van der Waals surface area contributed by atoms with Crippen LogP contribution >= 0.6 is 7.82 Å². The van der Waals surface area contributed by atoms with E-state index < -0.39 is 64.4 Å². The molecular formula is C60H91O11P. The van der Waals surface area contributed by atoms with Crippen molar-refractivity contribution in [2.45, 2.75) is 174 Å². The first-order valence-corrected chi connectivity index (χ1v) is 27.9. The lowest BCUT2D eigenvalue weighted by atomic mass is 10.2. The van der Waals surface area contributed by atoms with E-state index in [1.165, 1.54) is 0 Å². The number of phosphoric acid groups is 1. The third-order valence-corrected chi connectivity index (χ3v) is 10.9. The zero-order valence-electron chi connectivity index (χ0n) is 44.1. The van der Waals surface area contributed by atoms with Gasteiger partial charge in [0.1, 0.15) is 12.7 Å². The van der Waals surface area contributed by atoms with Gasteiger partial charge in [-0.2, -0.15) is 0 Å². The summed E-state index contributed by atoms with van der Waals surface area (Å²) in [4.78, 5) is 48.3. The lowest BCUT2D eigenvalue weighted by Crippen LogP contribution is -2.30. The van der Waals surface area contributed by atoms with Gasteiger partial charge in [-0.3, -0.25) is 23.4 Å². The second kappa shape index (κ2) is 52.4. The average Bonchev–Trinajstić information content (AvgIpc) is 3.37. The fraction of sp³-hybridized carbons (Fsp3) is 0.517. The quantitative estimate of drug-likeness (QED) is 0.0197. The molecule has 0 aliphatic heterocycles. The van der Waals surface area contributed by atoms with E-state index in [4.69, 9.17) is 23.3 Å². The first-order valence-electron chi connectivity index (χ1n) is 26.4. The molecule has 0 aromatic heterocycles. The van der Waals surface area contributed by atoms with Crippen LogP contribution in [0.2, 0.25) is 0 Å². The van der Waals surface area contributed by atoms with Gasteiger partial charge >= 0.3 is 25.7 Å². The van der Waals surface area contributed by atoms with Crippen LogP contribution in [0.15, 0.2) is 158 Å².